The number of hydrogen-bond donors (Lipinski definition) is 2. The average Bonchev–Trinajstić information content (AvgIpc) is 3.20. The third kappa shape index (κ3) is 4.81. The standard InChI is InChI=1S/C30H25N3O4S/c1-20-12-18-25(19-13-20)38(36,37)32-24-16-14-23(15-17-24)31-29(22-8-4-3-5-9-22)28-26-10-6-7-11-27(26)33(21(2)34)30(28)35/h3-19,31-32H,1-2H3/b29-28-. The molecule has 38 heavy (non-hydrogen) atoms. The summed E-state index contributed by atoms with van der Waals surface area (Å²) in [6.45, 7) is 3.26. The molecule has 0 saturated heterocycles. The number of nitrogens with one attached hydrogen (secondary N) is 2. The van der Waals surface area contributed by atoms with E-state index in [0.29, 0.717) is 33.9 Å². The van der Waals surface area contributed by atoms with Crippen LogP contribution in [0.2, 0.25) is 0 Å². The molecule has 0 radical (unpaired) electrons. The highest BCUT2D eigenvalue weighted by Gasteiger charge is 2.37. The normalized spacial score (nSPS) is 14.2. The molecule has 0 aromatic heterocycles. The molecule has 0 spiro atoms. The van der Waals surface area contributed by atoms with Gasteiger partial charge >= 0.3 is 0 Å². The van der Waals surface area contributed by atoms with Gasteiger partial charge in [-0.05, 0) is 55.0 Å². The summed E-state index contributed by atoms with van der Waals surface area (Å²) in [6.07, 6.45) is 0. The first-order chi connectivity index (χ1) is 18.2. The molecule has 0 fully saturated rings. The zero-order valence-electron chi connectivity index (χ0n) is 20.8. The van der Waals surface area contributed by atoms with Crippen molar-refractivity contribution in [3.8, 4) is 0 Å². The van der Waals surface area contributed by atoms with E-state index in [4.69, 9.17) is 0 Å². The Kier molecular flexibility index (Phi) is 6.57. The molecule has 1 heterocycles. The predicted octanol–water partition coefficient (Wildman–Crippen LogP) is 5.67. The molecule has 4 aromatic rings. The van der Waals surface area contributed by atoms with E-state index in [9.17, 15) is 18.0 Å². The predicted molar refractivity (Wildman–Crippen MR) is 150 cm³/mol. The average molecular weight is 524 g/mol. The number of carbonyl (C=O) groups is 2. The number of carbonyl (C=O) groups excluding carboxylic acids is 2. The second-order valence-corrected chi connectivity index (χ2v) is 10.6. The Hall–Kier alpha value is -4.69. The Morgan fingerprint density at radius 2 is 1.37 bits per heavy atom. The molecular formula is C30H25N3O4S. The van der Waals surface area contributed by atoms with Gasteiger partial charge in [-0.25, -0.2) is 13.3 Å². The smallest absolute Gasteiger partial charge is 0.267 e. The van der Waals surface area contributed by atoms with Crippen LogP contribution in [0.15, 0.2) is 108 Å². The van der Waals surface area contributed by atoms with E-state index in [1.165, 1.54) is 11.8 Å². The topological polar surface area (TPSA) is 95.6 Å². The van der Waals surface area contributed by atoms with E-state index < -0.39 is 15.9 Å². The Labute approximate surface area is 221 Å². The maximum Gasteiger partial charge on any atom is 0.267 e. The molecule has 2 amide bonds. The van der Waals surface area contributed by atoms with Gasteiger partial charge in [0.05, 0.1) is 21.9 Å². The lowest BCUT2D eigenvalue weighted by atomic mass is 10.00. The van der Waals surface area contributed by atoms with E-state index in [2.05, 4.69) is 10.0 Å². The lowest BCUT2D eigenvalue weighted by molar-refractivity contribution is -0.122. The number of fused-ring (bicyclic) bond motifs is 1. The Balaban J connectivity index is 1.51. The van der Waals surface area contributed by atoms with Gasteiger partial charge in [-0.15, -0.1) is 0 Å². The van der Waals surface area contributed by atoms with Crippen molar-refractivity contribution in [1.82, 2.24) is 0 Å². The first-order valence-corrected chi connectivity index (χ1v) is 13.4. The van der Waals surface area contributed by atoms with Gasteiger partial charge in [0.1, 0.15) is 0 Å². The van der Waals surface area contributed by atoms with Gasteiger partial charge in [0, 0.05) is 23.9 Å². The molecule has 5 rings (SSSR count). The van der Waals surface area contributed by atoms with Crippen LogP contribution in [-0.2, 0) is 19.6 Å². The number of imide groups is 1. The first kappa shape index (κ1) is 25.0. The van der Waals surface area contributed by atoms with Gasteiger partial charge in [-0.1, -0.05) is 66.2 Å². The second kappa shape index (κ2) is 9.99. The third-order valence-electron chi connectivity index (χ3n) is 6.20. The maximum absolute atomic E-state index is 13.5. The number of sulfonamides is 1. The SMILES string of the molecule is CC(=O)N1C(=O)/C(=C(\Nc2ccc(NS(=O)(=O)c3ccc(C)cc3)cc2)c2ccccc2)c2ccccc21. The lowest BCUT2D eigenvalue weighted by Gasteiger charge is -2.16. The van der Waals surface area contributed by atoms with Crippen LogP contribution < -0.4 is 14.9 Å². The zero-order chi connectivity index (χ0) is 26.9. The molecule has 190 valence electrons. The number of benzene rings is 4. The molecule has 7 nitrogen and oxygen atoms in total. The minimum atomic E-state index is -3.74. The molecule has 8 heteroatoms. The van der Waals surface area contributed by atoms with Crippen LogP contribution in [-0.4, -0.2) is 20.2 Å². The molecular weight excluding hydrogens is 498 g/mol. The van der Waals surface area contributed by atoms with E-state index in [1.54, 1.807) is 60.7 Å². The molecule has 0 aliphatic carbocycles. The Morgan fingerprint density at radius 1 is 0.763 bits per heavy atom. The molecule has 0 bridgehead atoms. The fourth-order valence-corrected chi connectivity index (χ4v) is 5.41. The highest BCUT2D eigenvalue weighted by Crippen LogP contribution is 2.41. The van der Waals surface area contributed by atoms with E-state index in [0.717, 1.165) is 11.1 Å². The van der Waals surface area contributed by atoms with Crippen molar-refractivity contribution >= 4 is 50.2 Å². The summed E-state index contributed by atoms with van der Waals surface area (Å²) in [7, 11) is -3.74. The summed E-state index contributed by atoms with van der Waals surface area (Å²) in [5.41, 5.74) is 4.89. The molecule has 4 aromatic carbocycles. The second-order valence-electron chi connectivity index (χ2n) is 8.91. The number of amides is 2. The number of rotatable bonds is 6. The van der Waals surface area contributed by atoms with Crippen LogP contribution in [0.5, 0.6) is 0 Å². The maximum atomic E-state index is 13.5. The van der Waals surface area contributed by atoms with Crippen LogP contribution >= 0.6 is 0 Å². The van der Waals surface area contributed by atoms with Crippen LogP contribution in [0, 0.1) is 6.92 Å². The van der Waals surface area contributed by atoms with Crippen LogP contribution in [0.3, 0.4) is 0 Å². The summed E-state index contributed by atoms with van der Waals surface area (Å²) in [5.74, 6) is -0.775. The van der Waals surface area contributed by atoms with Crippen molar-refractivity contribution in [3.05, 3.63) is 120 Å². The molecule has 1 aliphatic heterocycles. The fourth-order valence-electron chi connectivity index (χ4n) is 4.35. The van der Waals surface area contributed by atoms with Gasteiger partial charge in [0.25, 0.3) is 15.9 Å². The van der Waals surface area contributed by atoms with Crippen molar-refractivity contribution in [2.45, 2.75) is 18.7 Å². The summed E-state index contributed by atoms with van der Waals surface area (Å²) < 4.78 is 28.1. The Morgan fingerprint density at radius 3 is 2.03 bits per heavy atom. The van der Waals surface area contributed by atoms with Crippen molar-refractivity contribution in [2.24, 2.45) is 0 Å². The van der Waals surface area contributed by atoms with E-state index in [-0.39, 0.29) is 10.8 Å². The van der Waals surface area contributed by atoms with Gasteiger partial charge in [0.15, 0.2) is 0 Å². The molecule has 0 unspecified atom stereocenters. The highest BCUT2D eigenvalue weighted by atomic mass is 32.2. The third-order valence-corrected chi connectivity index (χ3v) is 7.59. The number of aryl methyl sites for hydroxylation is 1. The van der Waals surface area contributed by atoms with Crippen molar-refractivity contribution in [2.75, 3.05) is 14.9 Å². The summed E-state index contributed by atoms with van der Waals surface area (Å²) in [6, 6.07) is 29.9. The van der Waals surface area contributed by atoms with Crippen molar-refractivity contribution in [1.29, 1.82) is 0 Å². The minimum absolute atomic E-state index is 0.176. The number of para-hydroxylation sites is 1. The fraction of sp³-hybridized carbons (Fsp3) is 0.0667. The lowest BCUT2D eigenvalue weighted by Crippen LogP contribution is -2.31. The monoisotopic (exact) mass is 523 g/mol. The van der Waals surface area contributed by atoms with Crippen LogP contribution in [0.1, 0.15) is 23.6 Å². The van der Waals surface area contributed by atoms with Crippen molar-refractivity contribution < 1.29 is 18.0 Å². The summed E-state index contributed by atoms with van der Waals surface area (Å²) in [5, 5.41) is 3.34. The van der Waals surface area contributed by atoms with E-state index >= 15 is 0 Å². The van der Waals surface area contributed by atoms with Gasteiger partial charge in [-0.3, -0.25) is 14.3 Å². The van der Waals surface area contributed by atoms with Gasteiger partial charge < -0.3 is 5.32 Å². The number of anilines is 3. The zero-order valence-corrected chi connectivity index (χ0v) is 21.6. The first-order valence-electron chi connectivity index (χ1n) is 12.0. The van der Waals surface area contributed by atoms with Crippen molar-refractivity contribution in [3.63, 3.8) is 0 Å². The van der Waals surface area contributed by atoms with Crippen LogP contribution in [0.4, 0.5) is 17.1 Å². The molecule has 0 atom stereocenters. The molecule has 2 N–H and O–H groups in total. The quantitative estimate of drug-likeness (QED) is 0.318. The highest BCUT2D eigenvalue weighted by molar-refractivity contribution is 7.92. The Bertz CT molecular complexity index is 1660. The van der Waals surface area contributed by atoms with Gasteiger partial charge in [-0.2, -0.15) is 0 Å². The summed E-state index contributed by atoms with van der Waals surface area (Å²) in [4.78, 5) is 27.2. The van der Waals surface area contributed by atoms with Crippen LogP contribution in [0.25, 0.3) is 11.3 Å². The molecule has 1 aliphatic rings. The molecule has 0 saturated carbocycles. The number of hydrogen-bond acceptors (Lipinski definition) is 5. The van der Waals surface area contributed by atoms with Gasteiger partial charge in [0.2, 0.25) is 5.91 Å². The minimum Gasteiger partial charge on any atom is -0.354 e. The summed E-state index contributed by atoms with van der Waals surface area (Å²) >= 11 is 0. The largest absolute Gasteiger partial charge is 0.354 e. The number of nitrogens with zero attached hydrogens (tertiary/aromatic N) is 1. The van der Waals surface area contributed by atoms with E-state index in [1.807, 2.05) is 49.4 Å².